The molecule has 0 bridgehead atoms. The molecule has 4 aromatic heterocycles. The Balaban J connectivity index is 0.828. The molecule has 6 aromatic rings. The summed E-state index contributed by atoms with van der Waals surface area (Å²) in [5.74, 6) is -0.680. The second kappa shape index (κ2) is 16.1. The predicted octanol–water partition coefficient (Wildman–Crippen LogP) is 4.10. The molecule has 2 aromatic carbocycles. The second-order valence-corrected chi connectivity index (χ2v) is 18.4. The Bertz CT molecular complexity index is 2810. The number of nitrogens with one attached hydrogen (secondary N) is 3. The van der Waals surface area contributed by atoms with E-state index in [0.717, 1.165) is 56.0 Å². The number of hydrogen-bond acceptors (Lipinski definition) is 12. The predicted molar refractivity (Wildman–Crippen MR) is 222 cm³/mol. The minimum Gasteiger partial charge on any atom is -0.485 e. The number of benzene rings is 2. The Morgan fingerprint density at radius 2 is 1.84 bits per heavy atom. The van der Waals surface area contributed by atoms with Crippen LogP contribution in [-0.2, 0) is 26.7 Å². The van der Waals surface area contributed by atoms with E-state index in [4.69, 9.17) is 4.74 Å². The van der Waals surface area contributed by atoms with Crippen LogP contribution in [0.25, 0.3) is 27.9 Å². The number of piperidine rings is 3. The molecule has 2 amide bonds. The molecule has 20 heteroatoms. The first kappa shape index (κ1) is 40.4. The van der Waals surface area contributed by atoms with Crippen LogP contribution in [0.15, 0.2) is 64.8 Å². The van der Waals surface area contributed by atoms with Crippen LogP contribution in [0.3, 0.4) is 0 Å². The van der Waals surface area contributed by atoms with Crippen molar-refractivity contribution in [3.8, 4) is 17.0 Å². The smallest absolute Gasteiger partial charge is 0.329 e. The number of imidazole rings is 1. The molecule has 3 N–H and O–H groups in total. The topological polar surface area (TPSA) is 207 Å². The summed E-state index contributed by atoms with van der Waals surface area (Å²) in [5, 5.41) is 16.4. The van der Waals surface area contributed by atoms with Gasteiger partial charge >= 0.3 is 5.69 Å². The Morgan fingerprint density at radius 3 is 2.57 bits per heavy atom. The van der Waals surface area contributed by atoms with E-state index in [0.29, 0.717) is 47.7 Å². The number of fused-ring (bicyclic) bond motifs is 2. The number of nitrogens with zero attached hydrogens (tertiary/aromatic N) is 9. The third-order valence-electron chi connectivity index (χ3n) is 12.0. The van der Waals surface area contributed by atoms with Crippen molar-refractivity contribution >= 4 is 50.2 Å². The highest BCUT2D eigenvalue weighted by molar-refractivity contribution is 7.89. The number of hydrogen-bond donors (Lipinski definition) is 3. The van der Waals surface area contributed by atoms with E-state index in [-0.39, 0.29) is 58.9 Å². The van der Waals surface area contributed by atoms with Crippen LogP contribution in [0.4, 0.5) is 16.0 Å². The van der Waals surface area contributed by atoms with Gasteiger partial charge in [0, 0.05) is 44.9 Å². The third kappa shape index (κ3) is 7.78. The van der Waals surface area contributed by atoms with Gasteiger partial charge in [0.25, 0.3) is 0 Å². The van der Waals surface area contributed by atoms with Crippen molar-refractivity contribution in [3.05, 3.63) is 77.0 Å². The molecule has 3 fully saturated rings. The van der Waals surface area contributed by atoms with Crippen molar-refractivity contribution in [2.75, 3.05) is 38.0 Å². The Labute approximate surface area is 350 Å². The minimum atomic E-state index is -3.98. The number of H-pyrrole nitrogens is 1. The van der Waals surface area contributed by atoms with Crippen LogP contribution in [0.5, 0.6) is 5.75 Å². The largest absolute Gasteiger partial charge is 0.485 e. The summed E-state index contributed by atoms with van der Waals surface area (Å²) in [6.07, 6.45) is 8.47. The highest BCUT2D eigenvalue weighted by Crippen LogP contribution is 2.35. The molecule has 3 aliphatic heterocycles. The van der Waals surface area contributed by atoms with Crippen molar-refractivity contribution in [2.45, 2.75) is 75.3 Å². The average molecular weight is 855 g/mol. The van der Waals surface area contributed by atoms with Crippen molar-refractivity contribution in [1.82, 2.24) is 53.4 Å². The van der Waals surface area contributed by atoms with Crippen molar-refractivity contribution in [3.63, 3.8) is 0 Å². The van der Waals surface area contributed by atoms with Crippen LogP contribution in [0.1, 0.15) is 69.9 Å². The van der Waals surface area contributed by atoms with Gasteiger partial charge in [0.05, 0.1) is 33.9 Å². The van der Waals surface area contributed by atoms with Crippen LogP contribution >= 0.6 is 0 Å². The fraction of sp³-hybridized carbons (Fsp3) is 0.439. The van der Waals surface area contributed by atoms with E-state index < -0.39 is 27.8 Å². The molecule has 0 aliphatic carbocycles. The van der Waals surface area contributed by atoms with Gasteiger partial charge < -0.3 is 15.0 Å². The first-order valence-corrected chi connectivity index (χ1v) is 22.0. The summed E-state index contributed by atoms with van der Waals surface area (Å²) in [5.41, 5.74) is 3.84. The Kier molecular flexibility index (Phi) is 10.7. The summed E-state index contributed by atoms with van der Waals surface area (Å²) in [6.45, 7) is 6.91. The maximum atomic E-state index is 15.6. The van der Waals surface area contributed by atoms with Crippen LogP contribution < -0.4 is 21.1 Å². The summed E-state index contributed by atoms with van der Waals surface area (Å²) in [4.78, 5) is 48.9. The van der Waals surface area contributed by atoms with E-state index in [2.05, 4.69) is 40.8 Å². The molecule has 61 heavy (non-hydrogen) atoms. The third-order valence-corrected chi connectivity index (χ3v) is 13.8. The van der Waals surface area contributed by atoms with Crippen molar-refractivity contribution in [2.24, 2.45) is 13.0 Å². The average Bonchev–Trinajstić information content (AvgIpc) is 3.98. The van der Waals surface area contributed by atoms with Crippen LogP contribution in [0, 0.1) is 11.7 Å². The summed E-state index contributed by atoms with van der Waals surface area (Å²) < 4.78 is 55.5. The molecule has 0 saturated carbocycles. The molecule has 320 valence electrons. The molecule has 3 saturated heterocycles. The zero-order valence-corrected chi connectivity index (χ0v) is 34.9. The summed E-state index contributed by atoms with van der Waals surface area (Å²) in [6, 6.07) is 9.07. The number of aromatic amines is 1. The molecule has 0 radical (unpaired) electrons. The molecular weight excluding hydrogens is 808 g/mol. The van der Waals surface area contributed by atoms with Crippen molar-refractivity contribution < 1.29 is 27.1 Å². The van der Waals surface area contributed by atoms with Gasteiger partial charge in [-0.2, -0.15) is 18.9 Å². The number of anilines is 2. The second-order valence-electron chi connectivity index (χ2n) is 16.4. The zero-order chi connectivity index (χ0) is 42.6. The highest BCUT2D eigenvalue weighted by atomic mass is 32.2. The van der Waals surface area contributed by atoms with Gasteiger partial charge in [0.2, 0.25) is 33.4 Å². The number of halogens is 1. The lowest BCUT2D eigenvalue weighted by atomic mass is 9.88. The van der Waals surface area contributed by atoms with E-state index in [1.54, 1.807) is 24.0 Å². The van der Waals surface area contributed by atoms with Crippen LogP contribution in [-0.4, -0.2) is 107 Å². The Morgan fingerprint density at radius 1 is 1.02 bits per heavy atom. The molecule has 18 nitrogen and oxygen atoms in total. The van der Waals surface area contributed by atoms with Gasteiger partial charge in [-0.1, -0.05) is 6.07 Å². The maximum absolute atomic E-state index is 15.6. The number of rotatable bonds is 11. The molecule has 0 spiro atoms. The number of sulfonamides is 1. The zero-order valence-electron chi connectivity index (χ0n) is 34.0. The molecular formula is C41H47FN12O6S. The van der Waals surface area contributed by atoms with E-state index in [1.807, 2.05) is 32.0 Å². The molecule has 2 unspecified atom stereocenters. The van der Waals surface area contributed by atoms with Gasteiger partial charge in [-0.05, 0) is 107 Å². The van der Waals surface area contributed by atoms with Crippen molar-refractivity contribution in [1.29, 1.82) is 0 Å². The number of likely N-dealkylation sites (tertiary alicyclic amines) is 1. The Hall–Kier alpha value is -5.99. The first-order chi connectivity index (χ1) is 29.3. The lowest BCUT2D eigenvalue weighted by molar-refractivity contribution is -0.135. The molecule has 9 rings (SSSR count). The fourth-order valence-corrected chi connectivity index (χ4v) is 10.5. The molecule has 7 heterocycles. The number of ether oxygens (including phenoxy) is 1. The van der Waals surface area contributed by atoms with Gasteiger partial charge in [-0.15, -0.1) is 5.10 Å². The first-order valence-electron chi connectivity index (χ1n) is 20.6. The molecule has 2 atom stereocenters. The standard InChI is InChI=1S/C41H47FN12O6S/c1-24(2)60-37-36(28-19-44-45-20-28)43-23-53-38(37)48-40(49-53)46-31-8-7-29(18-30(31)42)61(58,59)52-14-4-5-25(22-52)21-51-15-12-26(13-16-51)27-6-9-32-34(17-27)50(3)41(57)54(32)33-10-11-35(55)47-39(33)56/h6-9,17-20,23-26,33H,4-5,10-16,21-22H2,1-3H3,(H,44,45)(H,46,49)(H,47,55,56). The number of carbonyl (C=O) groups excluding carboxylic acids is 2. The van der Waals surface area contributed by atoms with E-state index in [1.165, 1.54) is 31.8 Å². The molecule has 3 aliphatic rings. The monoisotopic (exact) mass is 854 g/mol. The quantitative estimate of drug-likeness (QED) is 0.158. The highest BCUT2D eigenvalue weighted by Gasteiger charge is 2.34. The van der Waals surface area contributed by atoms with Gasteiger partial charge in [-0.3, -0.25) is 29.1 Å². The lowest BCUT2D eigenvalue weighted by Gasteiger charge is -2.38. The number of amides is 2. The van der Waals surface area contributed by atoms with Gasteiger partial charge in [0.1, 0.15) is 23.9 Å². The number of aryl methyl sites for hydroxylation is 1. The number of imide groups is 1. The van der Waals surface area contributed by atoms with Gasteiger partial charge in [0.15, 0.2) is 5.75 Å². The maximum Gasteiger partial charge on any atom is 0.329 e. The number of aromatic nitrogens is 8. The number of carbonyl (C=O) groups is 2. The summed E-state index contributed by atoms with van der Waals surface area (Å²) >= 11 is 0. The van der Waals surface area contributed by atoms with Crippen LogP contribution in [0.2, 0.25) is 0 Å². The fourth-order valence-electron chi connectivity index (χ4n) is 8.92. The minimum absolute atomic E-state index is 0.0127. The SMILES string of the molecule is CC(C)Oc1c(-c2cn[nH]c2)ncn2nc(Nc3ccc(S(=O)(=O)N4CCCC(CN5CCC(c6ccc7c(c6)n(C)c(=O)n7C6CCC(=O)NC6=O)CC5)C4)cc3F)nc12. The normalized spacial score (nSPS) is 19.9. The summed E-state index contributed by atoms with van der Waals surface area (Å²) in [7, 11) is -2.27. The van der Waals surface area contributed by atoms with E-state index in [9.17, 15) is 22.8 Å². The van der Waals surface area contributed by atoms with Gasteiger partial charge in [-0.25, -0.2) is 22.6 Å². The van der Waals surface area contributed by atoms with E-state index >= 15 is 4.39 Å². The lowest BCUT2D eigenvalue weighted by Crippen LogP contribution is -2.45.